The molecule has 0 amide bonds. The van der Waals surface area contributed by atoms with Crippen molar-refractivity contribution in [1.82, 2.24) is 0 Å². The highest BCUT2D eigenvalue weighted by atomic mass is 19.1. The summed E-state index contributed by atoms with van der Waals surface area (Å²) in [7, 11) is 0. The van der Waals surface area contributed by atoms with Crippen molar-refractivity contribution in [2.45, 2.75) is 26.7 Å². The predicted molar refractivity (Wildman–Crippen MR) is 67.3 cm³/mol. The van der Waals surface area contributed by atoms with Gasteiger partial charge in [-0.15, -0.1) is 0 Å². The molecule has 1 unspecified atom stereocenters. The highest BCUT2D eigenvalue weighted by molar-refractivity contribution is 5.56. The molecule has 1 aromatic rings. The van der Waals surface area contributed by atoms with Gasteiger partial charge in [-0.2, -0.15) is 0 Å². The number of hydrogen-bond acceptors (Lipinski definition) is 2. The van der Waals surface area contributed by atoms with E-state index < -0.39 is 11.6 Å². The minimum absolute atomic E-state index is 0.417. The quantitative estimate of drug-likeness (QED) is 0.782. The van der Waals surface area contributed by atoms with Crippen LogP contribution in [0.4, 0.5) is 8.78 Å². The van der Waals surface area contributed by atoms with Crippen LogP contribution in [-0.4, -0.2) is 12.8 Å². The number of benzene rings is 1. The Hall–Kier alpha value is -1.29. The van der Waals surface area contributed by atoms with Gasteiger partial charge in [-0.05, 0) is 50.1 Å². The molecule has 0 fully saturated rings. The Kier molecular flexibility index (Phi) is 8.15. The van der Waals surface area contributed by atoms with Crippen molar-refractivity contribution in [3.63, 3.8) is 0 Å². The van der Waals surface area contributed by atoms with Gasteiger partial charge in [0.05, 0.1) is 0 Å². The Labute approximate surface area is 101 Å². The van der Waals surface area contributed by atoms with Crippen molar-refractivity contribution >= 4 is 6.21 Å². The van der Waals surface area contributed by atoms with E-state index in [2.05, 4.69) is 6.92 Å². The fourth-order valence-corrected chi connectivity index (χ4v) is 1.19. The minimum Gasteiger partial charge on any atom is -0.330 e. The number of nitrogens with two attached hydrogens (primary N) is 1. The van der Waals surface area contributed by atoms with Crippen LogP contribution >= 0.6 is 0 Å². The van der Waals surface area contributed by atoms with Crippen LogP contribution in [0.15, 0.2) is 18.2 Å². The van der Waals surface area contributed by atoms with E-state index in [1.807, 2.05) is 0 Å². The van der Waals surface area contributed by atoms with Crippen LogP contribution in [0.25, 0.3) is 0 Å². The van der Waals surface area contributed by atoms with Crippen LogP contribution in [0.2, 0.25) is 0 Å². The largest absolute Gasteiger partial charge is 0.330 e. The lowest BCUT2D eigenvalue weighted by Crippen LogP contribution is -2.08. The van der Waals surface area contributed by atoms with Crippen LogP contribution in [0.5, 0.6) is 0 Å². The van der Waals surface area contributed by atoms with E-state index >= 15 is 0 Å². The van der Waals surface area contributed by atoms with Crippen molar-refractivity contribution in [1.29, 1.82) is 5.41 Å². The Morgan fingerprint density at radius 3 is 2.35 bits per heavy atom. The second kappa shape index (κ2) is 8.82. The first kappa shape index (κ1) is 15.7. The molecule has 0 saturated carbocycles. The highest BCUT2D eigenvalue weighted by Gasteiger charge is 1.97. The van der Waals surface area contributed by atoms with Gasteiger partial charge in [0.1, 0.15) is 11.6 Å². The topological polar surface area (TPSA) is 49.9 Å². The molecule has 0 spiro atoms. The molecular weight excluding hydrogens is 222 g/mol. The van der Waals surface area contributed by atoms with Crippen molar-refractivity contribution < 1.29 is 8.78 Å². The second-order valence-corrected chi connectivity index (χ2v) is 3.81. The molecule has 0 aliphatic heterocycles. The molecule has 0 radical (unpaired) electrons. The summed E-state index contributed by atoms with van der Waals surface area (Å²) in [6.07, 6.45) is 3.48. The standard InChI is InChI=1S/C7H6F2.C6H14N2/c1-5-2-3-6(8)4-7(5)9;1-2-6(5-8)3-4-7/h2-4H,1H3;5-6,8H,2-4,7H2,1H3. The van der Waals surface area contributed by atoms with Gasteiger partial charge in [-0.1, -0.05) is 13.0 Å². The summed E-state index contributed by atoms with van der Waals surface area (Å²) in [5.41, 5.74) is 5.75. The average molecular weight is 242 g/mol. The smallest absolute Gasteiger partial charge is 0.129 e. The molecule has 0 bridgehead atoms. The van der Waals surface area contributed by atoms with Gasteiger partial charge in [-0.25, -0.2) is 8.78 Å². The van der Waals surface area contributed by atoms with E-state index in [0.29, 0.717) is 18.0 Å². The molecule has 4 heteroatoms. The zero-order chi connectivity index (χ0) is 13.3. The third-order valence-electron chi connectivity index (χ3n) is 2.43. The summed E-state index contributed by atoms with van der Waals surface area (Å²) >= 11 is 0. The summed E-state index contributed by atoms with van der Waals surface area (Å²) in [6.45, 7) is 4.37. The summed E-state index contributed by atoms with van der Waals surface area (Å²) < 4.78 is 24.4. The van der Waals surface area contributed by atoms with Crippen molar-refractivity contribution in [2.75, 3.05) is 6.54 Å². The molecule has 1 rings (SSSR count). The van der Waals surface area contributed by atoms with Crippen LogP contribution in [0, 0.1) is 29.9 Å². The number of halogens is 2. The normalized spacial score (nSPS) is 11.4. The first-order valence-corrected chi connectivity index (χ1v) is 5.67. The van der Waals surface area contributed by atoms with Gasteiger partial charge in [0.15, 0.2) is 0 Å². The molecule has 0 aliphatic carbocycles. The zero-order valence-electron chi connectivity index (χ0n) is 10.3. The first-order valence-electron chi connectivity index (χ1n) is 5.67. The third-order valence-corrected chi connectivity index (χ3v) is 2.43. The van der Waals surface area contributed by atoms with E-state index in [-0.39, 0.29) is 0 Å². The Morgan fingerprint density at radius 2 is 2.06 bits per heavy atom. The monoisotopic (exact) mass is 242 g/mol. The van der Waals surface area contributed by atoms with Gasteiger partial charge in [0.25, 0.3) is 0 Å². The number of rotatable bonds is 4. The Morgan fingerprint density at radius 1 is 1.41 bits per heavy atom. The van der Waals surface area contributed by atoms with E-state index in [1.54, 1.807) is 6.92 Å². The maximum absolute atomic E-state index is 12.3. The Bertz CT molecular complexity index is 340. The summed E-state index contributed by atoms with van der Waals surface area (Å²) in [5.74, 6) is -0.604. The van der Waals surface area contributed by atoms with Crippen molar-refractivity contribution in [3.05, 3.63) is 35.4 Å². The molecule has 1 atom stereocenters. The molecule has 0 saturated heterocycles. The third kappa shape index (κ3) is 6.79. The Balaban J connectivity index is 0.000000304. The van der Waals surface area contributed by atoms with E-state index in [0.717, 1.165) is 18.9 Å². The SMILES string of the molecule is CCC(C=N)CCN.Cc1ccc(F)cc1F. The molecule has 96 valence electrons. The number of nitrogens with one attached hydrogen (secondary N) is 1. The summed E-state index contributed by atoms with van der Waals surface area (Å²) in [6, 6.07) is 3.51. The predicted octanol–water partition coefficient (Wildman–Crippen LogP) is 3.28. The summed E-state index contributed by atoms with van der Waals surface area (Å²) in [5, 5.41) is 6.88. The number of aryl methyl sites for hydroxylation is 1. The van der Waals surface area contributed by atoms with Crippen LogP contribution < -0.4 is 5.73 Å². The molecule has 0 aliphatic rings. The van der Waals surface area contributed by atoms with Crippen LogP contribution in [0.3, 0.4) is 0 Å². The van der Waals surface area contributed by atoms with Gasteiger partial charge in [-0.3, -0.25) is 0 Å². The molecule has 17 heavy (non-hydrogen) atoms. The zero-order valence-corrected chi connectivity index (χ0v) is 10.3. The lowest BCUT2D eigenvalue weighted by atomic mass is 10.1. The maximum atomic E-state index is 12.3. The van der Waals surface area contributed by atoms with E-state index in [9.17, 15) is 8.78 Å². The second-order valence-electron chi connectivity index (χ2n) is 3.81. The molecule has 0 aromatic heterocycles. The van der Waals surface area contributed by atoms with Crippen LogP contribution in [0.1, 0.15) is 25.3 Å². The van der Waals surface area contributed by atoms with Crippen molar-refractivity contribution in [2.24, 2.45) is 11.7 Å². The molecule has 3 N–H and O–H groups in total. The average Bonchev–Trinajstić information content (AvgIpc) is 2.32. The first-order chi connectivity index (χ1) is 8.04. The van der Waals surface area contributed by atoms with Crippen molar-refractivity contribution in [3.8, 4) is 0 Å². The maximum Gasteiger partial charge on any atom is 0.129 e. The van der Waals surface area contributed by atoms with E-state index in [4.69, 9.17) is 11.1 Å². The lowest BCUT2D eigenvalue weighted by Gasteiger charge is -2.03. The summed E-state index contributed by atoms with van der Waals surface area (Å²) in [4.78, 5) is 0. The number of hydrogen-bond donors (Lipinski definition) is 2. The van der Waals surface area contributed by atoms with Gasteiger partial charge in [0.2, 0.25) is 0 Å². The fourth-order valence-electron chi connectivity index (χ4n) is 1.19. The lowest BCUT2D eigenvalue weighted by molar-refractivity contribution is 0.577. The fraction of sp³-hybridized carbons (Fsp3) is 0.462. The molecule has 0 heterocycles. The molecule has 2 nitrogen and oxygen atoms in total. The minimum atomic E-state index is -0.530. The highest BCUT2D eigenvalue weighted by Crippen LogP contribution is 2.06. The van der Waals surface area contributed by atoms with Crippen LogP contribution in [-0.2, 0) is 0 Å². The van der Waals surface area contributed by atoms with Gasteiger partial charge >= 0.3 is 0 Å². The van der Waals surface area contributed by atoms with Gasteiger partial charge < -0.3 is 11.1 Å². The molecule has 1 aromatic carbocycles. The van der Waals surface area contributed by atoms with Gasteiger partial charge in [0, 0.05) is 6.07 Å². The molecular formula is C13H20F2N2. The van der Waals surface area contributed by atoms with E-state index in [1.165, 1.54) is 18.3 Å².